The molecule has 0 spiro atoms. The van der Waals surface area contributed by atoms with E-state index in [1.165, 1.54) is 4.90 Å². The molecule has 2 bridgehead atoms. The van der Waals surface area contributed by atoms with Gasteiger partial charge in [0.25, 0.3) is 0 Å². The summed E-state index contributed by atoms with van der Waals surface area (Å²) in [6, 6.07) is 0. The first-order valence-corrected chi connectivity index (χ1v) is 8.39. The lowest BCUT2D eigenvalue weighted by Crippen LogP contribution is -2.50. The van der Waals surface area contributed by atoms with Crippen molar-refractivity contribution in [3.8, 4) is 0 Å². The molecule has 4 unspecified atom stereocenters. The van der Waals surface area contributed by atoms with Gasteiger partial charge in [-0.1, -0.05) is 46.3 Å². The molecule has 21 heavy (non-hydrogen) atoms. The van der Waals surface area contributed by atoms with Crippen molar-refractivity contribution in [2.75, 3.05) is 0 Å². The maximum Gasteiger partial charge on any atom is 0.233 e. The van der Waals surface area contributed by atoms with Gasteiger partial charge in [-0.2, -0.15) is 0 Å². The van der Waals surface area contributed by atoms with Crippen LogP contribution in [0.25, 0.3) is 0 Å². The number of amides is 2. The van der Waals surface area contributed by atoms with E-state index >= 15 is 0 Å². The quantitative estimate of drug-likeness (QED) is 0.567. The molecule has 0 aliphatic heterocycles. The third-order valence-corrected chi connectivity index (χ3v) is 4.99. The molecule has 0 aromatic rings. The Labute approximate surface area is 129 Å². The van der Waals surface area contributed by atoms with E-state index in [4.69, 9.17) is 0 Å². The summed E-state index contributed by atoms with van der Waals surface area (Å²) in [7, 11) is 0. The second kappa shape index (κ2) is 7.24. The molecule has 2 aliphatic carbocycles. The Morgan fingerprint density at radius 3 is 2.29 bits per heavy atom. The maximum atomic E-state index is 12.8. The molecule has 3 heteroatoms. The molecule has 2 rings (SSSR count). The van der Waals surface area contributed by atoms with Crippen LogP contribution in [0.4, 0.5) is 0 Å². The Kier molecular flexibility index (Phi) is 6.18. The standard InChI is InChI=1S/C16H25NO2.C2H6/c1-5-8-16(3,4)17(10-18)15(19)14-11(2)12-6-7-13(14)9-12;1-2/h6-7,10-14H,5,8-9H2,1-4H3;1-2H3. The second-order valence-electron chi connectivity index (χ2n) is 6.71. The number of rotatable bonds is 5. The molecular formula is C18H31NO2. The molecular weight excluding hydrogens is 262 g/mol. The SMILES string of the molecule is CC.CCCC(C)(C)N(C=O)C(=O)C1C2C=CC(C2)C1C. The summed E-state index contributed by atoms with van der Waals surface area (Å²) < 4.78 is 0. The number of allylic oxidation sites excluding steroid dienone is 2. The summed E-state index contributed by atoms with van der Waals surface area (Å²) in [5.74, 6) is 1.26. The monoisotopic (exact) mass is 293 g/mol. The van der Waals surface area contributed by atoms with Crippen molar-refractivity contribution in [1.29, 1.82) is 0 Å². The molecule has 0 N–H and O–H groups in total. The molecule has 0 radical (unpaired) electrons. The average molecular weight is 293 g/mol. The minimum absolute atomic E-state index is 0.00340. The van der Waals surface area contributed by atoms with Gasteiger partial charge in [-0.25, -0.2) is 0 Å². The molecule has 1 fully saturated rings. The third-order valence-electron chi connectivity index (χ3n) is 4.99. The van der Waals surface area contributed by atoms with Gasteiger partial charge in [0.1, 0.15) is 0 Å². The number of nitrogens with zero attached hydrogens (tertiary/aromatic N) is 1. The zero-order chi connectivity index (χ0) is 16.2. The Bertz CT molecular complexity index is 400. The van der Waals surface area contributed by atoms with Crippen molar-refractivity contribution < 1.29 is 9.59 Å². The van der Waals surface area contributed by atoms with Crippen LogP contribution in [0.15, 0.2) is 12.2 Å². The van der Waals surface area contributed by atoms with Crippen LogP contribution in [-0.2, 0) is 9.59 Å². The van der Waals surface area contributed by atoms with Crippen LogP contribution in [0.2, 0.25) is 0 Å². The Balaban J connectivity index is 0.00000106. The first-order valence-electron chi connectivity index (χ1n) is 8.39. The molecule has 3 nitrogen and oxygen atoms in total. The average Bonchev–Trinajstić information content (AvgIpc) is 3.01. The zero-order valence-electron chi connectivity index (χ0n) is 14.4. The highest BCUT2D eigenvalue weighted by Gasteiger charge is 2.48. The van der Waals surface area contributed by atoms with Crippen LogP contribution in [0.1, 0.15) is 60.8 Å². The largest absolute Gasteiger partial charge is 0.279 e. The number of hydrogen-bond donors (Lipinski definition) is 0. The smallest absolute Gasteiger partial charge is 0.233 e. The van der Waals surface area contributed by atoms with E-state index in [1.54, 1.807) is 0 Å². The van der Waals surface area contributed by atoms with Crippen molar-refractivity contribution in [3.05, 3.63) is 12.2 Å². The highest BCUT2D eigenvalue weighted by molar-refractivity contribution is 5.90. The van der Waals surface area contributed by atoms with Gasteiger partial charge in [0.2, 0.25) is 12.3 Å². The number of imide groups is 1. The van der Waals surface area contributed by atoms with Crippen molar-refractivity contribution >= 4 is 12.3 Å². The van der Waals surface area contributed by atoms with Crippen LogP contribution in [0.3, 0.4) is 0 Å². The van der Waals surface area contributed by atoms with E-state index in [0.29, 0.717) is 17.8 Å². The van der Waals surface area contributed by atoms with Crippen LogP contribution in [-0.4, -0.2) is 22.8 Å². The van der Waals surface area contributed by atoms with Crippen molar-refractivity contribution in [2.24, 2.45) is 23.7 Å². The number of hydrogen-bond acceptors (Lipinski definition) is 2. The lowest BCUT2D eigenvalue weighted by molar-refractivity contribution is -0.149. The highest BCUT2D eigenvalue weighted by atomic mass is 16.2. The zero-order valence-corrected chi connectivity index (χ0v) is 14.4. The van der Waals surface area contributed by atoms with Gasteiger partial charge in [-0.05, 0) is 44.4 Å². The van der Waals surface area contributed by atoms with Crippen molar-refractivity contribution in [1.82, 2.24) is 4.90 Å². The van der Waals surface area contributed by atoms with E-state index in [0.717, 1.165) is 25.7 Å². The molecule has 2 amide bonds. The summed E-state index contributed by atoms with van der Waals surface area (Å²) in [4.78, 5) is 25.6. The van der Waals surface area contributed by atoms with Crippen LogP contribution in [0, 0.1) is 23.7 Å². The first-order chi connectivity index (χ1) is 9.92. The molecule has 4 atom stereocenters. The van der Waals surface area contributed by atoms with Gasteiger partial charge >= 0.3 is 0 Å². The fourth-order valence-electron chi connectivity index (χ4n) is 3.86. The minimum atomic E-state index is -0.376. The van der Waals surface area contributed by atoms with Crippen molar-refractivity contribution in [3.63, 3.8) is 0 Å². The minimum Gasteiger partial charge on any atom is -0.279 e. The van der Waals surface area contributed by atoms with Gasteiger partial charge in [-0.3, -0.25) is 14.5 Å². The summed E-state index contributed by atoms with van der Waals surface area (Å²) >= 11 is 0. The van der Waals surface area contributed by atoms with Crippen LogP contribution < -0.4 is 0 Å². The summed E-state index contributed by atoms with van der Waals surface area (Å²) in [6.45, 7) is 12.2. The van der Waals surface area contributed by atoms with E-state index in [-0.39, 0.29) is 17.4 Å². The number of carbonyl (C=O) groups is 2. The molecule has 0 saturated heterocycles. The van der Waals surface area contributed by atoms with E-state index in [9.17, 15) is 9.59 Å². The van der Waals surface area contributed by atoms with Gasteiger partial charge in [-0.15, -0.1) is 0 Å². The maximum absolute atomic E-state index is 12.8. The molecule has 0 heterocycles. The van der Waals surface area contributed by atoms with Gasteiger partial charge in [0.05, 0.1) is 0 Å². The predicted octanol–water partition coefficient (Wildman–Crippen LogP) is 4.03. The molecule has 1 saturated carbocycles. The summed E-state index contributed by atoms with van der Waals surface area (Å²) in [5, 5.41) is 0. The molecule has 2 aliphatic rings. The van der Waals surface area contributed by atoms with Crippen LogP contribution in [0.5, 0.6) is 0 Å². The lowest BCUT2D eigenvalue weighted by Gasteiger charge is -2.38. The highest BCUT2D eigenvalue weighted by Crippen LogP contribution is 2.48. The number of fused-ring (bicyclic) bond motifs is 2. The van der Waals surface area contributed by atoms with Crippen molar-refractivity contribution in [2.45, 2.75) is 66.3 Å². The van der Waals surface area contributed by atoms with Gasteiger partial charge in [0.15, 0.2) is 0 Å². The second-order valence-corrected chi connectivity index (χ2v) is 6.71. The van der Waals surface area contributed by atoms with E-state index in [1.807, 2.05) is 27.7 Å². The Morgan fingerprint density at radius 2 is 1.86 bits per heavy atom. The fraction of sp³-hybridized carbons (Fsp3) is 0.778. The normalized spacial score (nSPS) is 29.8. The molecule has 120 valence electrons. The fourth-order valence-corrected chi connectivity index (χ4v) is 3.86. The van der Waals surface area contributed by atoms with Gasteiger partial charge < -0.3 is 0 Å². The van der Waals surface area contributed by atoms with Gasteiger partial charge in [0, 0.05) is 11.5 Å². The topological polar surface area (TPSA) is 37.4 Å². The van der Waals surface area contributed by atoms with Crippen LogP contribution >= 0.6 is 0 Å². The summed E-state index contributed by atoms with van der Waals surface area (Å²) in [6.07, 6.45) is 8.04. The lowest BCUT2D eigenvalue weighted by atomic mass is 9.82. The van der Waals surface area contributed by atoms with E-state index in [2.05, 4.69) is 26.0 Å². The third kappa shape index (κ3) is 3.38. The summed E-state index contributed by atoms with van der Waals surface area (Å²) in [5.41, 5.74) is -0.376. The van der Waals surface area contributed by atoms with E-state index < -0.39 is 0 Å². The number of carbonyl (C=O) groups excluding carboxylic acids is 2. The molecule has 0 aromatic carbocycles. The Morgan fingerprint density at radius 1 is 1.29 bits per heavy atom. The first kappa shape index (κ1) is 17.9. The predicted molar refractivity (Wildman–Crippen MR) is 86.6 cm³/mol. The molecule has 0 aromatic heterocycles. The Hall–Kier alpha value is -1.12.